The van der Waals surface area contributed by atoms with Crippen LogP contribution in [0, 0.1) is 5.92 Å². The van der Waals surface area contributed by atoms with Gasteiger partial charge in [-0.1, -0.05) is 19.1 Å². The highest BCUT2D eigenvalue weighted by molar-refractivity contribution is 4.93. The van der Waals surface area contributed by atoms with Crippen molar-refractivity contribution in [3.05, 3.63) is 12.2 Å². The standard InChI is InChI=1S/C10H18O/c1-2-10(11)8-9-6-4-3-5-7-9/h4,6,9-11H,2-3,5,7-8H2,1H3. The van der Waals surface area contributed by atoms with Gasteiger partial charge in [0, 0.05) is 0 Å². The van der Waals surface area contributed by atoms with Crippen LogP contribution < -0.4 is 0 Å². The smallest absolute Gasteiger partial charge is 0.0543 e. The number of aliphatic hydroxyl groups excluding tert-OH is 1. The second-order valence-electron chi connectivity index (χ2n) is 3.42. The van der Waals surface area contributed by atoms with Crippen molar-refractivity contribution in [3.63, 3.8) is 0 Å². The summed E-state index contributed by atoms with van der Waals surface area (Å²) in [6, 6.07) is 0. The predicted octanol–water partition coefficient (Wildman–Crippen LogP) is 2.50. The van der Waals surface area contributed by atoms with E-state index in [1.54, 1.807) is 0 Å². The topological polar surface area (TPSA) is 20.2 Å². The number of rotatable bonds is 3. The van der Waals surface area contributed by atoms with Gasteiger partial charge in [-0.25, -0.2) is 0 Å². The molecule has 1 nitrogen and oxygen atoms in total. The van der Waals surface area contributed by atoms with Crippen molar-refractivity contribution >= 4 is 0 Å². The zero-order chi connectivity index (χ0) is 8.10. The molecule has 2 atom stereocenters. The molecule has 0 amide bonds. The Morgan fingerprint density at radius 3 is 3.00 bits per heavy atom. The molecule has 0 saturated heterocycles. The molecule has 0 spiro atoms. The molecule has 0 radical (unpaired) electrons. The molecular weight excluding hydrogens is 136 g/mol. The van der Waals surface area contributed by atoms with E-state index in [1.165, 1.54) is 19.3 Å². The van der Waals surface area contributed by atoms with Gasteiger partial charge in [0.05, 0.1) is 6.10 Å². The lowest BCUT2D eigenvalue weighted by atomic mass is 9.90. The van der Waals surface area contributed by atoms with Crippen molar-refractivity contribution in [1.82, 2.24) is 0 Å². The minimum atomic E-state index is -0.0808. The first-order valence-corrected chi connectivity index (χ1v) is 4.67. The summed E-state index contributed by atoms with van der Waals surface area (Å²) in [5, 5.41) is 9.38. The third-order valence-corrected chi connectivity index (χ3v) is 2.40. The molecule has 0 fully saturated rings. The quantitative estimate of drug-likeness (QED) is 0.619. The molecule has 0 aromatic carbocycles. The van der Waals surface area contributed by atoms with E-state index in [4.69, 9.17) is 0 Å². The Morgan fingerprint density at radius 1 is 1.64 bits per heavy atom. The zero-order valence-electron chi connectivity index (χ0n) is 7.29. The number of hydrogen-bond acceptors (Lipinski definition) is 1. The van der Waals surface area contributed by atoms with Crippen LogP contribution in [0.25, 0.3) is 0 Å². The molecular formula is C10H18O. The zero-order valence-corrected chi connectivity index (χ0v) is 7.29. The van der Waals surface area contributed by atoms with E-state index in [1.807, 2.05) is 6.92 Å². The number of allylic oxidation sites excluding steroid dienone is 2. The van der Waals surface area contributed by atoms with Gasteiger partial charge in [0.25, 0.3) is 0 Å². The van der Waals surface area contributed by atoms with Crippen molar-refractivity contribution < 1.29 is 5.11 Å². The van der Waals surface area contributed by atoms with Crippen molar-refractivity contribution in [3.8, 4) is 0 Å². The molecule has 2 unspecified atom stereocenters. The second kappa shape index (κ2) is 4.55. The maximum atomic E-state index is 9.38. The lowest BCUT2D eigenvalue weighted by Crippen LogP contribution is -2.12. The van der Waals surface area contributed by atoms with Gasteiger partial charge in [0.15, 0.2) is 0 Å². The molecule has 1 rings (SSSR count). The average Bonchev–Trinajstić information content (AvgIpc) is 2.06. The van der Waals surface area contributed by atoms with Crippen LogP contribution in [0.3, 0.4) is 0 Å². The van der Waals surface area contributed by atoms with Gasteiger partial charge in [-0.05, 0) is 38.0 Å². The minimum Gasteiger partial charge on any atom is -0.393 e. The Balaban J connectivity index is 2.24. The lowest BCUT2D eigenvalue weighted by molar-refractivity contribution is 0.143. The fraction of sp³-hybridized carbons (Fsp3) is 0.800. The summed E-state index contributed by atoms with van der Waals surface area (Å²) in [5.41, 5.74) is 0. The van der Waals surface area contributed by atoms with Gasteiger partial charge in [-0.3, -0.25) is 0 Å². The monoisotopic (exact) mass is 154 g/mol. The van der Waals surface area contributed by atoms with Crippen LogP contribution in [0.4, 0.5) is 0 Å². The Labute approximate surface area is 69.1 Å². The van der Waals surface area contributed by atoms with Crippen LogP contribution in [0.1, 0.15) is 39.0 Å². The van der Waals surface area contributed by atoms with Crippen LogP contribution in [-0.2, 0) is 0 Å². The minimum absolute atomic E-state index is 0.0808. The van der Waals surface area contributed by atoms with E-state index >= 15 is 0 Å². The molecule has 0 aromatic heterocycles. The third-order valence-electron chi connectivity index (χ3n) is 2.40. The van der Waals surface area contributed by atoms with Gasteiger partial charge in [0.2, 0.25) is 0 Å². The van der Waals surface area contributed by atoms with E-state index in [-0.39, 0.29) is 6.10 Å². The molecule has 1 aliphatic carbocycles. The van der Waals surface area contributed by atoms with Crippen molar-refractivity contribution in [2.24, 2.45) is 5.92 Å². The summed E-state index contributed by atoms with van der Waals surface area (Å²) in [7, 11) is 0. The summed E-state index contributed by atoms with van der Waals surface area (Å²) in [5.74, 6) is 0.652. The maximum Gasteiger partial charge on any atom is 0.0543 e. The van der Waals surface area contributed by atoms with Crippen LogP contribution in [-0.4, -0.2) is 11.2 Å². The van der Waals surface area contributed by atoms with Crippen LogP contribution >= 0.6 is 0 Å². The van der Waals surface area contributed by atoms with Gasteiger partial charge in [0.1, 0.15) is 0 Å². The predicted molar refractivity (Wildman–Crippen MR) is 47.4 cm³/mol. The first kappa shape index (κ1) is 8.79. The number of hydrogen-bond donors (Lipinski definition) is 1. The van der Waals surface area contributed by atoms with Crippen molar-refractivity contribution in [2.75, 3.05) is 0 Å². The maximum absolute atomic E-state index is 9.38. The average molecular weight is 154 g/mol. The van der Waals surface area contributed by atoms with Gasteiger partial charge in [-0.15, -0.1) is 0 Å². The van der Waals surface area contributed by atoms with Crippen molar-refractivity contribution in [2.45, 2.75) is 45.1 Å². The Morgan fingerprint density at radius 2 is 2.45 bits per heavy atom. The molecule has 1 N–H and O–H groups in total. The van der Waals surface area contributed by atoms with E-state index in [2.05, 4.69) is 12.2 Å². The Bertz CT molecular complexity index is 129. The second-order valence-corrected chi connectivity index (χ2v) is 3.42. The molecule has 1 aliphatic rings. The third kappa shape index (κ3) is 3.06. The van der Waals surface area contributed by atoms with E-state index in [0.29, 0.717) is 5.92 Å². The first-order chi connectivity index (χ1) is 5.33. The van der Waals surface area contributed by atoms with Crippen LogP contribution in [0.2, 0.25) is 0 Å². The molecule has 0 aliphatic heterocycles. The molecule has 0 bridgehead atoms. The van der Waals surface area contributed by atoms with Gasteiger partial charge in [-0.2, -0.15) is 0 Å². The SMILES string of the molecule is CCC(O)CC1C=CCCC1. The Hall–Kier alpha value is -0.300. The highest BCUT2D eigenvalue weighted by Crippen LogP contribution is 2.22. The fourth-order valence-electron chi connectivity index (χ4n) is 1.60. The molecule has 11 heavy (non-hydrogen) atoms. The van der Waals surface area contributed by atoms with Gasteiger partial charge >= 0.3 is 0 Å². The highest BCUT2D eigenvalue weighted by Gasteiger charge is 2.11. The molecule has 1 heteroatoms. The summed E-state index contributed by atoms with van der Waals surface area (Å²) in [6.45, 7) is 2.04. The van der Waals surface area contributed by atoms with E-state index < -0.39 is 0 Å². The Kier molecular flexibility index (Phi) is 3.64. The molecule has 0 saturated carbocycles. The first-order valence-electron chi connectivity index (χ1n) is 4.67. The largest absolute Gasteiger partial charge is 0.393 e. The van der Waals surface area contributed by atoms with E-state index in [9.17, 15) is 5.11 Å². The van der Waals surface area contributed by atoms with Gasteiger partial charge < -0.3 is 5.11 Å². The lowest BCUT2D eigenvalue weighted by Gasteiger charge is -2.18. The normalized spacial score (nSPS) is 26.9. The summed E-state index contributed by atoms with van der Waals surface area (Å²) >= 11 is 0. The summed E-state index contributed by atoms with van der Waals surface area (Å²) in [6.07, 6.45) is 10.1. The van der Waals surface area contributed by atoms with Crippen LogP contribution in [0.5, 0.6) is 0 Å². The van der Waals surface area contributed by atoms with E-state index in [0.717, 1.165) is 12.8 Å². The highest BCUT2D eigenvalue weighted by atomic mass is 16.3. The molecule has 64 valence electrons. The molecule has 0 aromatic rings. The van der Waals surface area contributed by atoms with Crippen LogP contribution in [0.15, 0.2) is 12.2 Å². The summed E-state index contributed by atoms with van der Waals surface area (Å²) in [4.78, 5) is 0. The fourth-order valence-corrected chi connectivity index (χ4v) is 1.60. The number of aliphatic hydroxyl groups is 1. The summed E-state index contributed by atoms with van der Waals surface area (Å²) < 4.78 is 0. The molecule has 0 heterocycles. The van der Waals surface area contributed by atoms with Crippen molar-refractivity contribution in [1.29, 1.82) is 0 Å².